The van der Waals surface area contributed by atoms with Gasteiger partial charge in [-0.2, -0.15) is 0 Å². The maximum absolute atomic E-state index is 12.9. The highest BCUT2D eigenvalue weighted by molar-refractivity contribution is 8.72. The predicted octanol–water partition coefficient (Wildman–Crippen LogP) is 5.09. The van der Waals surface area contributed by atoms with Gasteiger partial charge >= 0.3 is 6.09 Å². The number of likely N-dealkylation sites (tertiary alicyclic amines) is 1. The molecule has 1 N–H and O–H groups in total. The zero-order valence-corrected chi connectivity index (χ0v) is 21.7. The monoisotopic (exact) mass is 528 g/mol. The number of nitrogens with zero attached hydrogens (tertiary/aromatic N) is 3. The third kappa shape index (κ3) is 6.88. The molecule has 0 radical (unpaired) electrons. The van der Waals surface area contributed by atoms with Gasteiger partial charge in [0.2, 0.25) is 14.7 Å². The highest BCUT2D eigenvalue weighted by atomic mass is 33.1. The minimum atomic E-state index is -3.59. The van der Waals surface area contributed by atoms with E-state index in [1.165, 1.54) is 6.33 Å². The van der Waals surface area contributed by atoms with Crippen LogP contribution < -0.4 is 10.1 Å². The molecule has 0 atom stereocenters. The van der Waals surface area contributed by atoms with Gasteiger partial charge in [0.1, 0.15) is 18.2 Å². The van der Waals surface area contributed by atoms with Crippen LogP contribution in [0.25, 0.3) is 0 Å². The third-order valence-electron chi connectivity index (χ3n) is 5.35. The third-order valence-corrected chi connectivity index (χ3v) is 8.73. The van der Waals surface area contributed by atoms with Crippen molar-refractivity contribution in [3.8, 4) is 5.88 Å². The topological polar surface area (TPSA) is 111 Å². The van der Waals surface area contributed by atoms with Crippen LogP contribution in [0.4, 0.5) is 16.3 Å². The fraction of sp³-hybridized carbons (Fsp3) is 0.320. The Hall–Kier alpha value is -3.31. The van der Waals surface area contributed by atoms with Crippen molar-refractivity contribution in [2.45, 2.75) is 48.7 Å². The van der Waals surface area contributed by atoms with Gasteiger partial charge < -0.3 is 19.7 Å². The summed E-state index contributed by atoms with van der Waals surface area (Å²) in [6.45, 7) is 4.75. The van der Waals surface area contributed by atoms with Crippen molar-refractivity contribution in [1.82, 2.24) is 14.9 Å². The van der Waals surface area contributed by atoms with E-state index in [9.17, 15) is 13.2 Å². The molecule has 1 amide bonds. The standard InChI is InChI=1S/C25H28N4O5S2/c1-18(2)33-25(30)29-14-12-19(13-15-29)34-24-16-23(26-17-27-24)28-21-10-6-7-11-22(21)35-36(31,32)20-8-4-3-5-9-20/h3-11,16-19H,12-15H2,1-2H3,(H,26,27,28). The van der Waals surface area contributed by atoms with Gasteiger partial charge in [-0.25, -0.2) is 23.2 Å². The van der Waals surface area contributed by atoms with Gasteiger partial charge in [0.25, 0.3) is 0 Å². The van der Waals surface area contributed by atoms with Crippen LogP contribution >= 0.6 is 10.8 Å². The summed E-state index contributed by atoms with van der Waals surface area (Å²) < 4.78 is 37.0. The van der Waals surface area contributed by atoms with Crippen LogP contribution in [-0.4, -0.2) is 54.7 Å². The molecule has 1 saturated heterocycles. The summed E-state index contributed by atoms with van der Waals surface area (Å²) in [5.41, 5.74) is 0.601. The van der Waals surface area contributed by atoms with Crippen LogP contribution in [0.2, 0.25) is 0 Å². The number of piperidine rings is 1. The summed E-state index contributed by atoms with van der Waals surface area (Å²) in [5.74, 6) is 0.876. The molecule has 0 saturated carbocycles. The minimum absolute atomic E-state index is 0.0882. The molecule has 2 aromatic carbocycles. The molecular weight excluding hydrogens is 500 g/mol. The molecule has 3 aromatic rings. The molecule has 4 rings (SSSR count). The van der Waals surface area contributed by atoms with Crippen molar-refractivity contribution < 1.29 is 22.7 Å². The van der Waals surface area contributed by atoms with Gasteiger partial charge in [-0.15, -0.1) is 0 Å². The molecule has 11 heteroatoms. The van der Waals surface area contributed by atoms with E-state index in [1.807, 2.05) is 19.9 Å². The summed E-state index contributed by atoms with van der Waals surface area (Å²) in [6, 6.07) is 17.1. The van der Waals surface area contributed by atoms with Crippen LogP contribution in [0.15, 0.2) is 76.8 Å². The number of hydrogen-bond donors (Lipinski definition) is 1. The van der Waals surface area contributed by atoms with E-state index < -0.39 is 8.87 Å². The highest BCUT2D eigenvalue weighted by Crippen LogP contribution is 2.36. The predicted molar refractivity (Wildman–Crippen MR) is 138 cm³/mol. The van der Waals surface area contributed by atoms with Crippen LogP contribution in [0.1, 0.15) is 26.7 Å². The molecule has 0 aliphatic carbocycles. The highest BCUT2D eigenvalue weighted by Gasteiger charge is 2.26. The van der Waals surface area contributed by atoms with E-state index in [0.29, 0.717) is 48.2 Å². The van der Waals surface area contributed by atoms with Crippen LogP contribution in [-0.2, 0) is 13.6 Å². The number of para-hydroxylation sites is 1. The molecule has 0 spiro atoms. The molecule has 1 aromatic heterocycles. The SMILES string of the molecule is CC(C)OC(=O)N1CCC(Oc2cc(Nc3ccccc3SS(=O)(=O)c3ccccc3)ncn2)CC1. The lowest BCUT2D eigenvalue weighted by molar-refractivity contribution is 0.0507. The quantitative estimate of drug-likeness (QED) is 0.400. The number of amides is 1. The van der Waals surface area contributed by atoms with Gasteiger partial charge in [-0.3, -0.25) is 0 Å². The van der Waals surface area contributed by atoms with Crippen molar-refractivity contribution in [3.63, 3.8) is 0 Å². The molecule has 190 valence electrons. The summed E-state index contributed by atoms with van der Waals surface area (Å²) in [4.78, 5) is 23.0. The largest absolute Gasteiger partial charge is 0.474 e. The minimum Gasteiger partial charge on any atom is -0.474 e. The second-order valence-corrected chi connectivity index (χ2v) is 12.3. The van der Waals surface area contributed by atoms with Crippen molar-refractivity contribution in [2.75, 3.05) is 18.4 Å². The second kappa shape index (κ2) is 11.6. The lowest BCUT2D eigenvalue weighted by atomic mass is 10.1. The molecule has 2 heterocycles. The number of hydrogen-bond acceptors (Lipinski definition) is 9. The number of carbonyl (C=O) groups is 1. The number of carbonyl (C=O) groups excluding carboxylic acids is 1. The molecule has 1 aliphatic rings. The zero-order chi connectivity index (χ0) is 25.5. The Morgan fingerprint density at radius 3 is 2.47 bits per heavy atom. The van der Waals surface area contributed by atoms with Crippen molar-refractivity contribution in [3.05, 3.63) is 67.0 Å². The number of benzene rings is 2. The Balaban J connectivity index is 1.40. The first kappa shape index (κ1) is 25.8. The summed E-state index contributed by atoms with van der Waals surface area (Å²) >= 11 is 0. The Morgan fingerprint density at radius 2 is 1.75 bits per heavy atom. The molecule has 9 nitrogen and oxygen atoms in total. The Bertz CT molecular complexity index is 1280. The fourth-order valence-electron chi connectivity index (χ4n) is 3.61. The summed E-state index contributed by atoms with van der Waals surface area (Å²) in [7, 11) is -2.81. The Kier molecular flexibility index (Phi) is 8.32. The Morgan fingerprint density at radius 1 is 1.06 bits per heavy atom. The number of aromatic nitrogens is 2. The fourth-order valence-corrected chi connectivity index (χ4v) is 6.54. The molecule has 0 unspecified atom stereocenters. The average Bonchev–Trinajstić information content (AvgIpc) is 2.86. The maximum Gasteiger partial charge on any atom is 0.410 e. The van der Waals surface area contributed by atoms with E-state index in [4.69, 9.17) is 9.47 Å². The van der Waals surface area contributed by atoms with E-state index in [2.05, 4.69) is 15.3 Å². The second-order valence-electron chi connectivity index (χ2n) is 8.45. The zero-order valence-electron chi connectivity index (χ0n) is 20.0. The number of ether oxygens (including phenoxy) is 2. The Labute approximate surface area is 214 Å². The maximum atomic E-state index is 12.9. The molecule has 36 heavy (non-hydrogen) atoms. The summed E-state index contributed by atoms with van der Waals surface area (Å²) in [6.07, 6.45) is 2.18. The van der Waals surface area contributed by atoms with E-state index in [0.717, 1.165) is 10.8 Å². The first-order valence-corrected chi connectivity index (χ1v) is 14.4. The van der Waals surface area contributed by atoms with E-state index in [-0.39, 0.29) is 23.2 Å². The first-order valence-electron chi connectivity index (χ1n) is 11.6. The number of anilines is 2. The average molecular weight is 529 g/mol. The van der Waals surface area contributed by atoms with Crippen molar-refractivity contribution in [1.29, 1.82) is 0 Å². The lowest BCUT2D eigenvalue weighted by Crippen LogP contribution is -2.42. The number of rotatable bonds is 8. The van der Waals surface area contributed by atoms with Crippen molar-refractivity contribution >= 4 is 37.3 Å². The molecule has 0 bridgehead atoms. The van der Waals surface area contributed by atoms with E-state index in [1.54, 1.807) is 59.5 Å². The van der Waals surface area contributed by atoms with E-state index >= 15 is 0 Å². The van der Waals surface area contributed by atoms with Gasteiger partial charge in [0.05, 0.1) is 16.7 Å². The molecule has 1 fully saturated rings. The van der Waals surface area contributed by atoms with Crippen LogP contribution in [0.5, 0.6) is 5.88 Å². The van der Waals surface area contributed by atoms with Gasteiger partial charge in [-0.05, 0) is 38.1 Å². The van der Waals surface area contributed by atoms with Crippen LogP contribution in [0.3, 0.4) is 0 Å². The van der Waals surface area contributed by atoms with Gasteiger partial charge in [0.15, 0.2) is 0 Å². The summed E-state index contributed by atoms with van der Waals surface area (Å²) in [5, 5.41) is 3.18. The van der Waals surface area contributed by atoms with Crippen molar-refractivity contribution in [2.24, 2.45) is 0 Å². The van der Waals surface area contributed by atoms with Crippen LogP contribution in [0, 0.1) is 0 Å². The molecule has 1 aliphatic heterocycles. The smallest absolute Gasteiger partial charge is 0.410 e. The molecular formula is C25H28N4O5S2. The number of nitrogens with one attached hydrogen (secondary N) is 1. The lowest BCUT2D eigenvalue weighted by Gasteiger charge is -2.31. The normalized spacial score (nSPS) is 14.5. The van der Waals surface area contributed by atoms with Gasteiger partial charge in [0, 0.05) is 47.7 Å². The van der Waals surface area contributed by atoms with Gasteiger partial charge in [-0.1, -0.05) is 30.3 Å². The first-order chi connectivity index (χ1) is 17.3.